The first-order valence-corrected chi connectivity index (χ1v) is 6.45. The Balaban J connectivity index is 2.19. The third-order valence-electron chi connectivity index (χ3n) is 2.91. The predicted octanol–water partition coefficient (Wildman–Crippen LogP) is -1.06. The lowest BCUT2D eigenvalue weighted by atomic mass is 10.0. The Morgan fingerprint density at radius 3 is 2.89 bits per heavy atom. The van der Waals surface area contributed by atoms with Crippen LogP contribution in [0.25, 0.3) is 0 Å². The van der Waals surface area contributed by atoms with Gasteiger partial charge in [-0.25, -0.2) is 4.79 Å². The predicted molar refractivity (Wildman–Crippen MR) is 65.1 cm³/mol. The van der Waals surface area contributed by atoms with Gasteiger partial charge < -0.3 is 19.7 Å². The fraction of sp³-hybridized carbons (Fsp3) is 0.500. The van der Waals surface area contributed by atoms with Gasteiger partial charge in [-0.1, -0.05) is 0 Å². The maximum atomic E-state index is 11.8. The zero-order chi connectivity index (χ0) is 14.0. The fourth-order valence-corrected chi connectivity index (χ4v) is 2.47. The highest BCUT2D eigenvalue weighted by Crippen LogP contribution is 2.21. The number of piperidine rings is 1. The molecule has 2 amide bonds. The number of likely N-dealkylation sites (tertiary alicyclic amines) is 1. The van der Waals surface area contributed by atoms with E-state index in [1.807, 2.05) is 0 Å². The zero-order valence-electron chi connectivity index (χ0n) is 9.83. The van der Waals surface area contributed by atoms with Crippen LogP contribution in [0, 0.1) is 0 Å². The molecular weight excluding hydrogens is 274 g/mol. The molecule has 2 unspecified atom stereocenters. The van der Waals surface area contributed by atoms with Crippen molar-refractivity contribution in [1.29, 1.82) is 0 Å². The summed E-state index contributed by atoms with van der Waals surface area (Å²) in [5.74, 6) is -2.69. The third kappa shape index (κ3) is 2.82. The Morgan fingerprint density at radius 2 is 2.32 bits per heavy atom. The molecule has 0 aromatic carbocycles. The maximum absolute atomic E-state index is 11.8. The second-order valence-corrected chi connectivity index (χ2v) is 4.85. The van der Waals surface area contributed by atoms with Gasteiger partial charge >= 0.3 is 5.97 Å². The van der Waals surface area contributed by atoms with Gasteiger partial charge in [0.25, 0.3) is 5.91 Å². The van der Waals surface area contributed by atoms with Gasteiger partial charge in [0, 0.05) is 24.7 Å². The Kier molecular flexibility index (Phi) is 3.96. The molecule has 0 aliphatic carbocycles. The van der Waals surface area contributed by atoms with Crippen LogP contribution in [0.4, 0.5) is 0 Å². The van der Waals surface area contributed by atoms with Crippen LogP contribution in [-0.2, 0) is 14.4 Å². The lowest BCUT2D eigenvalue weighted by Gasteiger charge is -2.32. The molecule has 0 saturated carbocycles. The number of nitrogens with zero attached hydrogens (tertiary/aromatic N) is 1. The van der Waals surface area contributed by atoms with Gasteiger partial charge in [0.15, 0.2) is 0 Å². The number of aliphatic hydroxyl groups excluding tert-OH is 1. The van der Waals surface area contributed by atoms with Crippen LogP contribution < -0.4 is 9.44 Å². The molecule has 2 rings (SSSR count). The SMILES string of the molecule is O=C(O)C(CC1=CNSN1)N1C(=O)CCC(O)C1=O. The summed E-state index contributed by atoms with van der Waals surface area (Å²) < 4.78 is 5.58. The average Bonchev–Trinajstić information content (AvgIpc) is 2.86. The molecule has 1 saturated heterocycles. The second-order valence-electron chi connectivity index (χ2n) is 4.21. The Labute approximate surface area is 113 Å². The first-order valence-electron chi connectivity index (χ1n) is 5.64. The van der Waals surface area contributed by atoms with Crippen molar-refractivity contribution >= 4 is 29.9 Å². The summed E-state index contributed by atoms with van der Waals surface area (Å²) in [5, 5.41) is 18.7. The van der Waals surface area contributed by atoms with Gasteiger partial charge in [0.05, 0.1) is 12.1 Å². The minimum absolute atomic E-state index is 0.0282. The number of carboxylic acids is 1. The van der Waals surface area contributed by atoms with Crippen molar-refractivity contribution in [2.45, 2.75) is 31.4 Å². The number of aliphatic hydroxyl groups is 1. The topological polar surface area (TPSA) is 119 Å². The van der Waals surface area contributed by atoms with E-state index in [-0.39, 0.29) is 19.3 Å². The van der Waals surface area contributed by atoms with Crippen molar-refractivity contribution in [2.75, 3.05) is 0 Å². The summed E-state index contributed by atoms with van der Waals surface area (Å²) in [6.07, 6.45) is 0.238. The molecule has 2 heterocycles. The molecule has 4 N–H and O–H groups in total. The molecule has 19 heavy (non-hydrogen) atoms. The highest BCUT2D eigenvalue weighted by atomic mass is 32.2. The molecule has 0 spiro atoms. The molecule has 2 aliphatic rings. The first-order chi connectivity index (χ1) is 9.00. The quantitative estimate of drug-likeness (QED) is 0.381. The van der Waals surface area contributed by atoms with Crippen molar-refractivity contribution in [2.24, 2.45) is 0 Å². The van der Waals surface area contributed by atoms with Crippen LogP contribution >= 0.6 is 12.1 Å². The molecule has 0 aromatic rings. The van der Waals surface area contributed by atoms with Gasteiger partial charge in [0.1, 0.15) is 12.1 Å². The molecular formula is C10H13N3O5S. The fourth-order valence-electron chi connectivity index (χ4n) is 1.94. The lowest BCUT2D eigenvalue weighted by molar-refractivity contribution is -0.165. The number of aliphatic carboxylic acids is 1. The molecule has 0 radical (unpaired) electrons. The molecule has 0 aromatic heterocycles. The molecule has 104 valence electrons. The van der Waals surface area contributed by atoms with Gasteiger partial charge in [0.2, 0.25) is 5.91 Å². The van der Waals surface area contributed by atoms with E-state index in [1.54, 1.807) is 6.20 Å². The van der Waals surface area contributed by atoms with E-state index in [2.05, 4.69) is 9.44 Å². The van der Waals surface area contributed by atoms with Crippen molar-refractivity contribution in [1.82, 2.24) is 14.3 Å². The van der Waals surface area contributed by atoms with E-state index >= 15 is 0 Å². The maximum Gasteiger partial charge on any atom is 0.327 e. The molecule has 8 nitrogen and oxygen atoms in total. The monoisotopic (exact) mass is 287 g/mol. The number of hydrogen-bond acceptors (Lipinski definition) is 7. The van der Waals surface area contributed by atoms with Crippen LogP contribution in [-0.4, -0.2) is 45.0 Å². The van der Waals surface area contributed by atoms with E-state index in [4.69, 9.17) is 0 Å². The average molecular weight is 287 g/mol. The van der Waals surface area contributed by atoms with Crippen molar-refractivity contribution in [3.05, 3.63) is 11.9 Å². The van der Waals surface area contributed by atoms with Crippen LogP contribution in [0.3, 0.4) is 0 Å². The molecule has 9 heteroatoms. The number of carbonyl (C=O) groups excluding carboxylic acids is 2. The third-order valence-corrected chi connectivity index (χ3v) is 3.51. The van der Waals surface area contributed by atoms with E-state index in [0.29, 0.717) is 10.6 Å². The highest BCUT2D eigenvalue weighted by Gasteiger charge is 2.41. The Bertz CT molecular complexity index is 452. The molecule has 0 bridgehead atoms. The van der Waals surface area contributed by atoms with Gasteiger partial charge in [-0.2, -0.15) is 0 Å². The second kappa shape index (κ2) is 5.49. The van der Waals surface area contributed by atoms with E-state index in [1.165, 1.54) is 0 Å². The smallest absolute Gasteiger partial charge is 0.327 e. The summed E-state index contributed by atoms with van der Waals surface area (Å²) >= 11 is 1.16. The lowest BCUT2D eigenvalue weighted by Crippen LogP contribution is -2.55. The molecule has 2 atom stereocenters. The van der Waals surface area contributed by atoms with Crippen LogP contribution in [0.1, 0.15) is 19.3 Å². The summed E-state index contributed by atoms with van der Waals surface area (Å²) in [6.45, 7) is 0. The number of rotatable bonds is 4. The number of carbonyl (C=O) groups is 3. The van der Waals surface area contributed by atoms with E-state index in [9.17, 15) is 24.6 Å². The van der Waals surface area contributed by atoms with Crippen LogP contribution in [0.2, 0.25) is 0 Å². The van der Waals surface area contributed by atoms with Gasteiger partial charge in [-0.15, -0.1) is 0 Å². The Hall–Kier alpha value is -1.74. The molecule has 1 fully saturated rings. The summed E-state index contributed by atoms with van der Waals surface area (Å²) in [7, 11) is 0. The minimum Gasteiger partial charge on any atom is -0.480 e. The highest BCUT2D eigenvalue weighted by molar-refractivity contribution is 7.95. The molecule has 2 aliphatic heterocycles. The number of imide groups is 1. The normalized spacial score (nSPS) is 24.6. The number of hydrogen-bond donors (Lipinski definition) is 4. The first kappa shape index (κ1) is 13.7. The number of carboxylic acid groups (broad SMARTS) is 1. The van der Waals surface area contributed by atoms with Gasteiger partial charge in [-0.3, -0.25) is 14.5 Å². The van der Waals surface area contributed by atoms with Crippen LogP contribution in [0.5, 0.6) is 0 Å². The summed E-state index contributed by atoms with van der Waals surface area (Å²) in [4.78, 5) is 35.5. The zero-order valence-corrected chi connectivity index (χ0v) is 10.6. The van der Waals surface area contributed by atoms with Crippen molar-refractivity contribution < 1.29 is 24.6 Å². The van der Waals surface area contributed by atoms with Gasteiger partial charge in [-0.05, 0) is 6.42 Å². The Morgan fingerprint density at radius 1 is 1.58 bits per heavy atom. The van der Waals surface area contributed by atoms with Crippen molar-refractivity contribution in [3.63, 3.8) is 0 Å². The number of nitrogens with one attached hydrogen (secondary N) is 2. The standard InChI is InChI=1S/C10H13N3O5S/c14-7-1-2-8(15)13(9(7)16)6(10(17)18)3-5-4-11-19-12-5/h4,6-7,11-12,14H,1-3H2,(H,17,18). The summed E-state index contributed by atoms with van der Waals surface area (Å²) in [5.41, 5.74) is 0.568. The minimum atomic E-state index is -1.31. The number of amides is 2. The largest absolute Gasteiger partial charge is 0.480 e. The van der Waals surface area contributed by atoms with E-state index < -0.39 is 29.9 Å². The van der Waals surface area contributed by atoms with Crippen molar-refractivity contribution in [3.8, 4) is 0 Å². The summed E-state index contributed by atoms with van der Waals surface area (Å²) in [6, 6.07) is -1.31. The van der Waals surface area contributed by atoms with Crippen LogP contribution in [0.15, 0.2) is 11.9 Å². The van der Waals surface area contributed by atoms with E-state index in [0.717, 1.165) is 12.1 Å².